The van der Waals surface area contributed by atoms with Crippen molar-refractivity contribution in [2.24, 2.45) is 4.99 Å². The van der Waals surface area contributed by atoms with Crippen molar-refractivity contribution in [1.29, 1.82) is 0 Å². The second-order valence-corrected chi connectivity index (χ2v) is 10.6. The summed E-state index contributed by atoms with van der Waals surface area (Å²) in [5.41, 5.74) is 0.916. The first-order valence-electron chi connectivity index (χ1n) is 11.9. The molecule has 3 aliphatic rings. The number of hydrogen-bond donors (Lipinski definition) is 0. The lowest BCUT2D eigenvalue weighted by Gasteiger charge is -2.31. The van der Waals surface area contributed by atoms with E-state index in [9.17, 15) is 4.79 Å². The van der Waals surface area contributed by atoms with Crippen LogP contribution in [0.15, 0.2) is 26.5 Å². The highest BCUT2D eigenvalue weighted by Gasteiger charge is 2.39. The third-order valence-corrected chi connectivity index (χ3v) is 8.06. The van der Waals surface area contributed by atoms with Crippen LogP contribution in [-0.2, 0) is 4.79 Å². The second kappa shape index (κ2) is 11.1. The Morgan fingerprint density at radius 2 is 1.81 bits per heavy atom. The van der Waals surface area contributed by atoms with E-state index in [0.717, 1.165) is 45.8 Å². The number of ether oxygens (including phenoxy) is 2. The third kappa shape index (κ3) is 5.36. The van der Waals surface area contributed by atoms with E-state index in [4.69, 9.17) is 14.5 Å². The van der Waals surface area contributed by atoms with Gasteiger partial charge in [-0.3, -0.25) is 14.7 Å². The average Bonchev–Trinajstić information content (AvgIpc) is 3.09. The number of aliphatic imine (C=N–C) groups is 1. The molecule has 1 aliphatic heterocycles. The number of carbonyl (C=O) groups is 1. The van der Waals surface area contributed by atoms with Gasteiger partial charge in [0, 0.05) is 6.04 Å². The van der Waals surface area contributed by atoms with Crippen LogP contribution in [-0.4, -0.2) is 41.8 Å². The van der Waals surface area contributed by atoms with Gasteiger partial charge in [-0.05, 0) is 84.1 Å². The van der Waals surface area contributed by atoms with Gasteiger partial charge in [0.15, 0.2) is 16.7 Å². The summed E-state index contributed by atoms with van der Waals surface area (Å²) in [7, 11) is 1.63. The summed E-state index contributed by atoms with van der Waals surface area (Å²) in [5.74, 6) is 1.44. The van der Waals surface area contributed by atoms with Gasteiger partial charge in [-0.15, -0.1) is 0 Å². The number of benzene rings is 1. The molecular weight excluding hydrogens is 488 g/mol. The van der Waals surface area contributed by atoms with Gasteiger partial charge in [0.1, 0.15) is 0 Å². The Morgan fingerprint density at radius 1 is 1.12 bits per heavy atom. The van der Waals surface area contributed by atoms with E-state index in [-0.39, 0.29) is 11.9 Å². The molecule has 174 valence electrons. The fraction of sp³-hybridized carbons (Fsp3) is 0.600. The number of hydrogen-bond acceptors (Lipinski definition) is 5. The van der Waals surface area contributed by atoms with Gasteiger partial charge in [0.2, 0.25) is 0 Å². The normalized spacial score (nSPS) is 23.3. The molecule has 0 N–H and O–H groups in total. The fourth-order valence-electron chi connectivity index (χ4n) is 4.89. The standard InChI is InChI=1S/C25H33BrN2O3S/c1-3-31-21-15-17(14-20(26)23(21)30-2)16-22-24(29)28(19-12-8-5-9-13-19)25(32-22)27-18-10-6-4-7-11-18/h14-16,18-19H,3-13H2,1-2H3. The number of nitrogens with zero attached hydrogens (tertiary/aromatic N) is 2. The minimum atomic E-state index is 0.0985. The first kappa shape index (κ1) is 23.7. The zero-order valence-corrected chi connectivity index (χ0v) is 21.5. The molecule has 2 aliphatic carbocycles. The molecule has 0 spiro atoms. The summed E-state index contributed by atoms with van der Waals surface area (Å²) in [6.07, 6.45) is 13.8. The topological polar surface area (TPSA) is 51.1 Å². The summed E-state index contributed by atoms with van der Waals surface area (Å²) in [6.45, 7) is 2.50. The number of thioether (sulfide) groups is 1. The van der Waals surface area contributed by atoms with Crippen molar-refractivity contribution in [3.63, 3.8) is 0 Å². The maximum absolute atomic E-state index is 13.6. The van der Waals surface area contributed by atoms with Crippen LogP contribution in [0.4, 0.5) is 0 Å². The average molecular weight is 522 g/mol. The SMILES string of the molecule is CCOc1cc(C=C2SC(=NC3CCCCC3)N(C3CCCCC3)C2=O)cc(Br)c1OC. The third-order valence-electron chi connectivity index (χ3n) is 6.48. The molecule has 3 fully saturated rings. The lowest BCUT2D eigenvalue weighted by Crippen LogP contribution is -2.41. The van der Waals surface area contributed by atoms with Crippen LogP contribution >= 0.6 is 27.7 Å². The number of amides is 1. The molecule has 1 aromatic carbocycles. The van der Waals surface area contributed by atoms with E-state index in [2.05, 4.69) is 15.9 Å². The van der Waals surface area contributed by atoms with Crippen molar-refractivity contribution in [3.05, 3.63) is 27.1 Å². The monoisotopic (exact) mass is 520 g/mol. The van der Waals surface area contributed by atoms with Crippen LogP contribution in [0.2, 0.25) is 0 Å². The molecule has 1 amide bonds. The Bertz CT molecular complexity index is 889. The largest absolute Gasteiger partial charge is 0.492 e. The van der Waals surface area contributed by atoms with E-state index in [1.807, 2.05) is 30.0 Å². The van der Waals surface area contributed by atoms with E-state index in [0.29, 0.717) is 24.1 Å². The number of methoxy groups -OCH3 is 1. The first-order valence-corrected chi connectivity index (χ1v) is 13.5. The minimum Gasteiger partial charge on any atom is -0.492 e. The molecular formula is C25H33BrN2O3S. The summed E-state index contributed by atoms with van der Waals surface area (Å²) >= 11 is 5.13. The van der Waals surface area contributed by atoms with Crippen LogP contribution in [0.25, 0.3) is 6.08 Å². The molecule has 0 radical (unpaired) electrons. The van der Waals surface area contributed by atoms with Gasteiger partial charge in [-0.25, -0.2) is 0 Å². The van der Waals surface area contributed by atoms with E-state index < -0.39 is 0 Å². The lowest BCUT2D eigenvalue weighted by atomic mass is 9.94. The van der Waals surface area contributed by atoms with Crippen LogP contribution < -0.4 is 9.47 Å². The molecule has 0 unspecified atom stereocenters. The van der Waals surface area contributed by atoms with Crippen molar-refractivity contribution < 1.29 is 14.3 Å². The van der Waals surface area contributed by atoms with Crippen molar-refractivity contribution in [1.82, 2.24) is 4.90 Å². The molecule has 1 saturated heterocycles. The summed E-state index contributed by atoms with van der Waals surface area (Å²) in [5, 5.41) is 0.914. The van der Waals surface area contributed by atoms with Crippen molar-refractivity contribution >= 4 is 44.8 Å². The molecule has 1 heterocycles. The highest BCUT2D eigenvalue weighted by atomic mass is 79.9. The molecule has 2 saturated carbocycles. The maximum Gasteiger partial charge on any atom is 0.266 e. The van der Waals surface area contributed by atoms with Gasteiger partial charge >= 0.3 is 0 Å². The molecule has 5 nitrogen and oxygen atoms in total. The molecule has 1 aromatic rings. The second-order valence-electron chi connectivity index (χ2n) is 8.75. The Labute approximate surface area is 204 Å². The van der Waals surface area contributed by atoms with E-state index in [1.165, 1.54) is 38.5 Å². The van der Waals surface area contributed by atoms with Gasteiger partial charge in [0.25, 0.3) is 5.91 Å². The molecule has 32 heavy (non-hydrogen) atoms. The maximum atomic E-state index is 13.6. The minimum absolute atomic E-state index is 0.0985. The zero-order valence-electron chi connectivity index (χ0n) is 19.1. The van der Waals surface area contributed by atoms with Crippen LogP contribution in [0.1, 0.15) is 76.7 Å². The smallest absolute Gasteiger partial charge is 0.266 e. The lowest BCUT2D eigenvalue weighted by molar-refractivity contribution is -0.124. The number of rotatable bonds is 6. The fourth-order valence-corrected chi connectivity index (χ4v) is 6.62. The predicted octanol–water partition coefficient (Wildman–Crippen LogP) is 6.79. The van der Waals surface area contributed by atoms with Gasteiger partial charge in [-0.2, -0.15) is 0 Å². The summed E-state index contributed by atoms with van der Waals surface area (Å²) < 4.78 is 12.1. The number of amidine groups is 1. The molecule has 4 rings (SSSR count). The highest BCUT2D eigenvalue weighted by Crippen LogP contribution is 2.41. The Kier molecular flexibility index (Phi) is 8.22. The molecule has 0 bridgehead atoms. The highest BCUT2D eigenvalue weighted by molar-refractivity contribution is 9.10. The van der Waals surface area contributed by atoms with Crippen LogP contribution in [0, 0.1) is 0 Å². The van der Waals surface area contributed by atoms with Crippen molar-refractivity contribution in [2.75, 3.05) is 13.7 Å². The Hall–Kier alpha value is -1.47. The Morgan fingerprint density at radius 3 is 2.47 bits per heavy atom. The number of halogens is 1. The van der Waals surface area contributed by atoms with E-state index in [1.54, 1.807) is 18.9 Å². The molecule has 0 aromatic heterocycles. The summed E-state index contributed by atoms with van der Waals surface area (Å²) in [4.78, 5) is 21.4. The van der Waals surface area contributed by atoms with Gasteiger partial charge in [-0.1, -0.05) is 38.5 Å². The molecule has 0 atom stereocenters. The van der Waals surface area contributed by atoms with Gasteiger partial charge < -0.3 is 9.47 Å². The quantitative estimate of drug-likeness (QED) is 0.387. The first-order chi connectivity index (χ1) is 15.6. The van der Waals surface area contributed by atoms with Gasteiger partial charge in [0.05, 0.1) is 29.1 Å². The van der Waals surface area contributed by atoms with Crippen LogP contribution in [0.5, 0.6) is 11.5 Å². The van der Waals surface area contributed by atoms with Crippen molar-refractivity contribution in [2.45, 2.75) is 83.2 Å². The van der Waals surface area contributed by atoms with Crippen molar-refractivity contribution in [3.8, 4) is 11.5 Å². The molecule has 7 heteroatoms. The Balaban J connectivity index is 1.66. The van der Waals surface area contributed by atoms with Crippen LogP contribution in [0.3, 0.4) is 0 Å². The van der Waals surface area contributed by atoms with E-state index >= 15 is 0 Å². The number of carbonyl (C=O) groups excluding carboxylic acids is 1. The zero-order chi connectivity index (χ0) is 22.5. The predicted molar refractivity (Wildman–Crippen MR) is 135 cm³/mol. The summed E-state index contributed by atoms with van der Waals surface area (Å²) in [6, 6.07) is 4.54.